The van der Waals surface area contributed by atoms with Gasteiger partial charge in [0, 0.05) is 17.1 Å². The van der Waals surface area contributed by atoms with Crippen LogP contribution in [0.5, 0.6) is 0 Å². The Bertz CT molecular complexity index is 536. The molecule has 4 N–H and O–H groups in total. The Labute approximate surface area is 109 Å². The maximum atomic E-state index is 6.22. The molecule has 0 radical (unpaired) electrons. The highest BCUT2D eigenvalue weighted by Crippen LogP contribution is 2.36. The second-order valence-corrected chi connectivity index (χ2v) is 5.86. The summed E-state index contributed by atoms with van der Waals surface area (Å²) in [5, 5.41) is 0. The third-order valence-corrected chi connectivity index (χ3v) is 3.81. The molecule has 2 heteroatoms. The van der Waals surface area contributed by atoms with Gasteiger partial charge < -0.3 is 11.5 Å². The summed E-state index contributed by atoms with van der Waals surface area (Å²) in [5.41, 5.74) is 17.7. The fraction of sp³-hybridized carbons (Fsp3) is 0.375. The number of allylic oxidation sites excluding steroid dienone is 2. The highest BCUT2D eigenvalue weighted by Gasteiger charge is 2.29. The van der Waals surface area contributed by atoms with Gasteiger partial charge in [0.2, 0.25) is 0 Å². The highest BCUT2D eigenvalue weighted by molar-refractivity contribution is 5.78. The van der Waals surface area contributed by atoms with Crippen molar-refractivity contribution in [2.24, 2.45) is 11.1 Å². The molecule has 1 aromatic rings. The molecule has 1 aromatic carbocycles. The maximum Gasteiger partial charge on any atom is 0.0344 e. The number of hydrogen-bond acceptors (Lipinski definition) is 2. The van der Waals surface area contributed by atoms with E-state index in [1.807, 2.05) is 13.0 Å². The van der Waals surface area contributed by atoms with Gasteiger partial charge in [0.05, 0.1) is 0 Å². The van der Waals surface area contributed by atoms with Crippen LogP contribution in [0.1, 0.15) is 31.9 Å². The summed E-state index contributed by atoms with van der Waals surface area (Å²) in [5.74, 6) is 0. The number of nitrogens with two attached hydrogens (primary N) is 2. The fourth-order valence-corrected chi connectivity index (χ4v) is 2.48. The summed E-state index contributed by atoms with van der Waals surface area (Å²) >= 11 is 0. The molecule has 2 rings (SSSR count). The first-order chi connectivity index (χ1) is 8.31. The summed E-state index contributed by atoms with van der Waals surface area (Å²) in [6, 6.07) is 6.27. The summed E-state index contributed by atoms with van der Waals surface area (Å²) in [4.78, 5) is 0. The van der Waals surface area contributed by atoms with Crippen molar-refractivity contribution in [1.29, 1.82) is 0 Å². The molecule has 0 fully saturated rings. The van der Waals surface area contributed by atoms with Gasteiger partial charge in [-0.25, -0.2) is 0 Å². The average molecular weight is 242 g/mol. The lowest BCUT2D eigenvalue weighted by molar-refractivity contribution is 0.407. The molecule has 1 aliphatic carbocycles. The molecule has 0 spiro atoms. The zero-order valence-electron chi connectivity index (χ0n) is 11.6. The van der Waals surface area contributed by atoms with Gasteiger partial charge in [-0.1, -0.05) is 37.6 Å². The molecular formula is C16H22N2. The van der Waals surface area contributed by atoms with E-state index in [9.17, 15) is 0 Å². The average Bonchev–Trinajstić information content (AvgIpc) is 2.29. The van der Waals surface area contributed by atoms with Crippen LogP contribution >= 0.6 is 0 Å². The van der Waals surface area contributed by atoms with Crippen molar-refractivity contribution in [3.8, 4) is 0 Å². The van der Waals surface area contributed by atoms with Crippen LogP contribution in [-0.4, -0.2) is 6.04 Å². The van der Waals surface area contributed by atoms with E-state index in [0.29, 0.717) is 0 Å². The fourth-order valence-electron chi connectivity index (χ4n) is 2.48. The number of anilines is 1. The van der Waals surface area contributed by atoms with Crippen LogP contribution in [0.15, 0.2) is 35.9 Å². The molecule has 0 bridgehead atoms. The van der Waals surface area contributed by atoms with E-state index in [-0.39, 0.29) is 11.5 Å². The molecule has 96 valence electrons. The van der Waals surface area contributed by atoms with Gasteiger partial charge in [-0.05, 0) is 42.7 Å². The summed E-state index contributed by atoms with van der Waals surface area (Å²) < 4.78 is 0. The van der Waals surface area contributed by atoms with Crippen molar-refractivity contribution in [1.82, 2.24) is 0 Å². The van der Waals surface area contributed by atoms with Gasteiger partial charge in [-0.15, -0.1) is 0 Å². The van der Waals surface area contributed by atoms with E-state index in [4.69, 9.17) is 11.5 Å². The molecule has 18 heavy (non-hydrogen) atoms. The largest absolute Gasteiger partial charge is 0.399 e. The monoisotopic (exact) mass is 242 g/mol. The van der Waals surface area contributed by atoms with Crippen molar-refractivity contribution in [3.05, 3.63) is 47.1 Å². The van der Waals surface area contributed by atoms with Crippen molar-refractivity contribution < 1.29 is 0 Å². The number of rotatable bonds is 1. The molecule has 0 amide bonds. The molecule has 1 atom stereocenters. The standard InChI is InChI=1S/C16H22N2/c1-10-7-12(5-6-14(10)17)13-8-11(2)15(18)16(3,4)9-13/h5-9,15H,17-18H2,1-4H3/t15-/m1/s1. The van der Waals surface area contributed by atoms with Gasteiger partial charge in [0.1, 0.15) is 0 Å². The third-order valence-electron chi connectivity index (χ3n) is 3.81. The molecule has 0 heterocycles. The van der Waals surface area contributed by atoms with Crippen molar-refractivity contribution in [3.63, 3.8) is 0 Å². The van der Waals surface area contributed by atoms with Crippen molar-refractivity contribution >= 4 is 11.3 Å². The van der Waals surface area contributed by atoms with Crippen LogP contribution in [0.2, 0.25) is 0 Å². The van der Waals surface area contributed by atoms with E-state index < -0.39 is 0 Å². The third kappa shape index (κ3) is 2.21. The highest BCUT2D eigenvalue weighted by atomic mass is 14.7. The lowest BCUT2D eigenvalue weighted by atomic mass is 9.75. The van der Waals surface area contributed by atoms with Crippen LogP contribution in [0.4, 0.5) is 5.69 Å². The predicted octanol–water partition coefficient (Wildman–Crippen LogP) is 3.27. The Morgan fingerprint density at radius 3 is 2.39 bits per heavy atom. The molecule has 0 aliphatic heterocycles. The van der Waals surface area contributed by atoms with Crippen LogP contribution < -0.4 is 11.5 Å². The Morgan fingerprint density at radius 1 is 1.17 bits per heavy atom. The first-order valence-corrected chi connectivity index (χ1v) is 6.34. The molecule has 0 unspecified atom stereocenters. The van der Waals surface area contributed by atoms with E-state index in [1.54, 1.807) is 0 Å². The van der Waals surface area contributed by atoms with E-state index >= 15 is 0 Å². The Kier molecular flexibility index (Phi) is 3.07. The minimum Gasteiger partial charge on any atom is -0.399 e. The lowest BCUT2D eigenvalue weighted by Gasteiger charge is -2.34. The number of aryl methyl sites for hydroxylation is 1. The number of benzene rings is 1. The molecule has 0 saturated carbocycles. The Balaban J connectivity index is 2.48. The summed E-state index contributed by atoms with van der Waals surface area (Å²) in [6.07, 6.45) is 4.44. The summed E-state index contributed by atoms with van der Waals surface area (Å²) in [6.45, 7) is 8.50. The topological polar surface area (TPSA) is 52.0 Å². The SMILES string of the molecule is CC1=CC(c2ccc(N)c(C)c2)=CC(C)(C)[C@@H]1N. The second-order valence-electron chi connectivity index (χ2n) is 5.86. The Hall–Kier alpha value is -1.54. The molecular weight excluding hydrogens is 220 g/mol. The molecule has 0 saturated heterocycles. The zero-order valence-corrected chi connectivity index (χ0v) is 11.6. The lowest BCUT2D eigenvalue weighted by Crippen LogP contribution is -2.38. The summed E-state index contributed by atoms with van der Waals surface area (Å²) in [7, 11) is 0. The molecule has 0 aromatic heterocycles. The number of hydrogen-bond donors (Lipinski definition) is 2. The minimum absolute atomic E-state index is 0.0105. The maximum absolute atomic E-state index is 6.22. The zero-order chi connectivity index (χ0) is 13.5. The van der Waals surface area contributed by atoms with Gasteiger partial charge in [-0.2, -0.15) is 0 Å². The number of nitrogen functional groups attached to an aromatic ring is 1. The van der Waals surface area contributed by atoms with E-state index in [2.05, 4.69) is 45.1 Å². The van der Waals surface area contributed by atoms with Crippen LogP contribution in [0, 0.1) is 12.3 Å². The molecule has 1 aliphatic rings. The van der Waals surface area contributed by atoms with E-state index in [1.165, 1.54) is 16.7 Å². The van der Waals surface area contributed by atoms with Gasteiger partial charge in [0.15, 0.2) is 0 Å². The Morgan fingerprint density at radius 2 is 1.83 bits per heavy atom. The van der Waals surface area contributed by atoms with Crippen molar-refractivity contribution in [2.75, 3.05) is 5.73 Å². The van der Waals surface area contributed by atoms with E-state index in [0.717, 1.165) is 11.3 Å². The minimum atomic E-state index is -0.0105. The van der Waals surface area contributed by atoms with Gasteiger partial charge in [0.25, 0.3) is 0 Å². The van der Waals surface area contributed by atoms with Crippen LogP contribution in [-0.2, 0) is 0 Å². The first-order valence-electron chi connectivity index (χ1n) is 6.34. The van der Waals surface area contributed by atoms with Crippen LogP contribution in [0.3, 0.4) is 0 Å². The van der Waals surface area contributed by atoms with Gasteiger partial charge >= 0.3 is 0 Å². The van der Waals surface area contributed by atoms with Crippen molar-refractivity contribution in [2.45, 2.75) is 33.7 Å². The quantitative estimate of drug-likeness (QED) is 0.743. The smallest absolute Gasteiger partial charge is 0.0344 e. The first kappa shape index (κ1) is 12.9. The normalized spacial score (nSPS) is 22.4. The predicted molar refractivity (Wildman–Crippen MR) is 79.1 cm³/mol. The van der Waals surface area contributed by atoms with Gasteiger partial charge in [-0.3, -0.25) is 0 Å². The second kappa shape index (κ2) is 4.29. The van der Waals surface area contributed by atoms with Crippen LogP contribution in [0.25, 0.3) is 5.57 Å². The molecule has 2 nitrogen and oxygen atoms in total.